The first-order valence-corrected chi connectivity index (χ1v) is 11.8. The molecule has 1 aliphatic heterocycles. The van der Waals surface area contributed by atoms with E-state index in [0.29, 0.717) is 23.9 Å². The zero-order valence-corrected chi connectivity index (χ0v) is 19.2. The fraction of sp³-hybridized carbons (Fsp3) is 0.520. The Morgan fingerprint density at radius 2 is 1.50 bits per heavy atom. The molecule has 186 valence electrons. The van der Waals surface area contributed by atoms with E-state index in [1.807, 2.05) is 24.3 Å². The highest BCUT2D eigenvalue weighted by molar-refractivity contribution is 6.30. The zero-order chi connectivity index (χ0) is 24.5. The average molecular weight is 506 g/mol. The number of likely N-dealkylation sites (tertiary alicyclic amines) is 1. The van der Waals surface area contributed by atoms with Crippen molar-refractivity contribution in [2.45, 2.75) is 63.2 Å². The van der Waals surface area contributed by atoms with Crippen molar-refractivity contribution in [3.05, 3.63) is 69.7 Å². The Morgan fingerprint density at radius 3 is 2.03 bits per heavy atom. The number of nitrogens with zero attached hydrogens (tertiary/aromatic N) is 1. The van der Waals surface area contributed by atoms with E-state index >= 15 is 0 Å². The number of alkyl halides is 6. The van der Waals surface area contributed by atoms with Crippen LogP contribution in [0.1, 0.15) is 60.4 Å². The normalized spacial score (nSPS) is 21.3. The van der Waals surface area contributed by atoms with Gasteiger partial charge in [-0.05, 0) is 79.6 Å². The second kappa shape index (κ2) is 10.1. The van der Waals surface area contributed by atoms with Crippen LogP contribution >= 0.6 is 11.6 Å². The van der Waals surface area contributed by atoms with Crippen LogP contribution in [0.3, 0.4) is 0 Å². The van der Waals surface area contributed by atoms with Crippen molar-refractivity contribution in [1.82, 2.24) is 4.90 Å². The summed E-state index contributed by atoms with van der Waals surface area (Å²) in [5.41, 5.74) is -1.60. The van der Waals surface area contributed by atoms with Crippen LogP contribution in [-0.2, 0) is 23.7 Å². The van der Waals surface area contributed by atoms with Gasteiger partial charge in [-0.2, -0.15) is 26.3 Å². The zero-order valence-electron chi connectivity index (χ0n) is 18.4. The molecule has 2 aromatic carbocycles. The Kier molecular flexibility index (Phi) is 7.50. The highest BCUT2D eigenvalue weighted by atomic mass is 35.5. The molecule has 34 heavy (non-hydrogen) atoms. The summed E-state index contributed by atoms with van der Waals surface area (Å²) in [6.45, 7) is 1.14. The topological polar surface area (TPSA) is 12.5 Å². The van der Waals surface area contributed by atoms with Crippen molar-refractivity contribution in [3.8, 4) is 0 Å². The Balaban J connectivity index is 1.47. The van der Waals surface area contributed by atoms with Crippen LogP contribution in [0.5, 0.6) is 0 Å². The predicted octanol–water partition coefficient (Wildman–Crippen LogP) is 7.90. The van der Waals surface area contributed by atoms with Crippen LogP contribution in [0.15, 0.2) is 42.5 Å². The second-order valence-electron chi connectivity index (χ2n) is 9.17. The highest BCUT2D eigenvalue weighted by Gasteiger charge is 2.38. The molecule has 2 unspecified atom stereocenters. The number of benzene rings is 2. The van der Waals surface area contributed by atoms with E-state index in [0.717, 1.165) is 37.9 Å². The van der Waals surface area contributed by atoms with Crippen LogP contribution in [0.25, 0.3) is 0 Å². The molecule has 0 N–H and O–H groups in total. The lowest BCUT2D eigenvalue weighted by Gasteiger charge is -2.45. The van der Waals surface area contributed by atoms with Gasteiger partial charge in [-0.1, -0.05) is 30.2 Å². The molecule has 0 aromatic heterocycles. The molecular formula is C25H26ClF6NO. The molecule has 1 heterocycles. The molecule has 0 radical (unpaired) electrons. The van der Waals surface area contributed by atoms with Crippen molar-refractivity contribution in [3.63, 3.8) is 0 Å². The minimum Gasteiger partial charge on any atom is -0.372 e. The number of halogens is 7. The van der Waals surface area contributed by atoms with E-state index < -0.39 is 23.5 Å². The molecule has 0 spiro atoms. The predicted molar refractivity (Wildman–Crippen MR) is 117 cm³/mol. The highest BCUT2D eigenvalue weighted by Crippen LogP contribution is 2.43. The lowest BCUT2D eigenvalue weighted by Crippen LogP contribution is -2.45. The van der Waals surface area contributed by atoms with Gasteiger partial charge < -0.3 is 4.74 Å². The van der Waals surface area contributed by atoms with E-state index in [-0.39, 0.29) is 30.4 Å². The minimum atomic E-state index is -4.87. The Morgan fingerprint density at radius 1 is 0.882 bits per heavy atom. The third kappa shape index (κ3) is 6.07. The van der Waals surface area contributed by atoms with Crippen LogP contribution in [0, 0.1) is 5.92 Å². The quantitative estimate of drug-likeness (QED) is 0.370. The van der Waals surface area contributed by atoms with Gasteiger partial charge in [-0.25, -0.2) is 0 Å². The van der Waals surface area contributed by atoms with Crippen molar-refractivity contribution < 1.29 is 31.1 Å². The fourth-order valence-corrected chi connectivity index (χ4v) is 4.99. The van der Waals surface area contributed by atoms with Crippen molar-refractivity contribution in [2.75, 3.05) is 13.1 Å². The second-order valence-corrected chi connectivity index (χ2v) is 9.61. The van der Waals surface area contributed by atoms with Crippen LogP contribution in [0.2, 0.25) is 5.02 Å². The number of hydrogen-bond acceptors (Lipinski definition) is 2. The first-order chi connectivity index (χ1) is 16.0. The van der Waals surface area contributed by atoms with E-state index in [9.17, 15) is 26.3 Å². The molecule has 2 fully saturated rings. The summed E-state index contributed by atoms with van der Waals surface area (Å²) in [5.74, 6) is 0.512. The van der Waals surface area contributed by atoms with Gasteiger partial charge in [-0.3, -0.25) is 4.90 Å². The summed E-state index contributed by atoms with van der Waals surface area (Å²) < 4.78 is 84.8. The summed E-state index contributed by atoms with van der Waals surface area (Å²) in [6, 6.07) is 9.60. The third-order valence-electron chi connectivity index (χ3n) is 6.74. The maximum atomic E-state index is 13.1. The number of ether oxygens (including phenoxy) is 1. The molecule has 0 amide bonds. The molecule has 1 saturated carbocycles. The first-order valence-electron chi connectivity index (χ1n) is 11.4. The van der Waals surface area contributed by atoms with E-state index in [1.165, 1.54) is 12.0 Å². The number of piperidine rings is 1. The van der Waals surface area contributed by atoms with E-state index in [2.05, 4.69) is 4.90 Å². The van der Waals surface area contributed by atoms with Gasteiger partial charge in [0.15, 0.2) is 0 Å². The van der Waals surface area contributed by atoms with Crippen LogP contribution in [-0.4, -0.2) is 24.1 Å². The molecule has 9 heteroatoms. The summed E-state index contributed by atoms with van der Waals surface area (Å²) in [5, 5.41) is 0.662. The molecule has 4 rings (SSSR count). The standard InChI is InChI=1S/C25H26ClF6NO/c26-21-8-6-18(7-9-21)23(17-3-1-4-17)33-10-2-5-22(14-33)34-15-16-11-19(24(27,28)29)13-20(12-16)25(30,31)32/h6-9,11-13,17,22-23H,1-5,10,14-15H2. The molecule has 1 aliphatic carbocycles. The van der Waals surface area contributed by atoms with Gasteiger partial charge in [0.2, 0.25) is 0 Å². The molecule has 0 bridgehead atoms. The number of hydrogen-bond donors (Lipinski definition) is 0. The summed E-state index contributed by atoms with van der Waals surface area (Å²) >= 11 is 6.06. The molecule has 2 aromatic rings. The Labute approximate surface area is 199 Å². The molecule has 2 nitrogen and oxygen atoms in total. The Hall–Kier alpha value is -1.77. The van der Waals surface area contributed by atoms with Gasteiger partial charge in [0, 0.05) is 17.6 Å². The lowest BCUT2D eigenvalue weighted by atomic mass is 9.76. The molecule has 2 aliphatic rings. The van der Waals surface area contributed by atoms with E-state index in [4.69, 9.17) is 16.3 Å². The monoisotopic (exact) mass is 505 g/mol. The molecule has 1 saturated heterocycles. The van der Waals surface area contributed by atoms with Gasteiger partial charge in [0.1, 0.15) is 0 Å². The number of rotatable bonds is 6. The van der Waals surface area contributed by atoms with E-state index in [1.54, 1.807) is 0 Å². The smallest absolute Gasteiger partial charge is 0.372 e. The lowest BCUT2D eigenvalue weighted by molar-refractivity contribution is -0.143. The maximum absolute atomic E-state index is 13.1. The molecule has 2 atom stereocenters. The minimum absolute atomic E-state index is 0.132. The largest absolute Gasteiger partial charge is 0.416 e. The summed E-state index contributed by atoms with van der Waals surface area (Å²) in [6.07, 6.45) is -5.03. The van der Waals surface area contributed by atoms with Gasteiger partial charge in [-0.15, -0.1) is 0 Å². The van der Waals surface area contributed by atoms with Crippen LogP contribution in [0.4, 0.5) is 26.3 Å². The van der Waals surface area contributed by atoms with Crippen molar-refractivity contribution >= 4 is 11.6 Å². The molecular weight excluding hydrogens is 480 g/mol. The summed E-state index contributed by atoms with van der Waals surface area (Å²) in [7, 11) is 0. The van der Waals surface area contributed by atoms with Crippen molar-refractivity contribution in [1.29, 1.82) is 0 Å². The SMILES string of the molecule is FC(F)(F)c1cc(COC2CCCN(C(c3ccc(Cl)cc3)C3CCC3)C2)cc(C(F)(F)F)c1. The van der Waals surface area contributed by atoms with Gasteiger partial charge >= 0.3 is 12.4 Å². The first kappa shape index (κ1) is 25.3. The fourth-order valence-electron chi connectivity index (χ4n) is 4.87. The van der Waals surface area contributed by atoms with Gasteiger partial charge in [0.05, 0.1) is 23.8 Å². The average Bonchev–Trinajstić information content (AvgIpc) is 2.74. The summed E-state index contributed by atoms with van der Waals surface area (Å²) in [4.78, 5) is 2.34. The van der Waals surface area contributed by atoms with Crippen molar-refractivity contribution in [2.24, 2.45) is 5.92 Å². The third-order valence-corrected chi connectivity index (χ3v) is 7.00. The van der Waals surface area contributed by atoms with Crippen LogP contribution < -0.4 is 0 Å². The maximum Gasteiger partial charge on any atom is 0.416 e. The Bertz CT molecular complexity index is 939. The van der Waals surface area contributed by atoms with Gasteiger partial charge in [0.25, 0.3) is 0 Å².